The zero-order valence-electron chi connectivity index (χ0n) is 9.91. The van der Waals surface area contributed by atoms with Crippen LogP contribution in [0.1, 0.15) is 10.4 Å². The molecule has 2 amide bonds. The van der Waals surface area contributed by atoms with E-state index in [1.807, 2.05) is 0 Å². The number of amides is 2. The van der Waals surface area contributed by atoms with Crippen LogP contribution in [0.3, 0.4) is 0 Å². The number of anilines is 1. The number of nitrogens with two attached hydrogens (primary N) is 2. The zero-order valence-corrected chi connectivity index (χ0v) is 11.4. The second-order valence-corrected chi connectivity index (χ2v) is 4.42. The Labute approximate surface area is 120 Å². The molecule has 0 aliphatic carbocycles. The monoisotopic (exact) mass is 305 g/mol. The smallest absolute Gasteiger partial charge is 0.253 e. The molecule has 0 unspecified atom stereocenters. The van der Waals surface area contributed by atoms with Gasteiger partial charge in [-0.05, 0) is 12.1 Å². The molecule has 0 bridgehead atoms. The standard InChI is InChI=1S/C11H13Cl2N3O3/c12-8-4-6(14)3-7(10(8)13)11(18)16-1-2-19-5-9(15)17/h3-4H,1-2,5,14H2,(H2,15,17)(H,16,18). The summed E-state index contributed by atoms with van der Waals surface area (Å²) in [6.07, 6.45) is 0. The molecule has 0 aliphatic heterocycles. The average Bonchev–Trinajstić information content (AvgIpc) is 2.32. The summed E-state index contributed by atoms with van der Waals surface area (Å²) in [5.74, 6) is -1.00. The fourth-order valence-corrected chi connectivity index (χ4v) is 1.70. The normalized spacial score (nSPS) is 10.2. The van der Waals surface area contributed by atoms with E-state index in [1.54, 1.807) is 0 Å². The van der Waals surface area contributed by atoms with Crippen molar-refractivity contribution in [2.45, 2.75) is 0 Å². The van der Waals surface area contributed by atoms with Crippen LogP contribution in [0, 0.1) is 0 Å². The maximum absolute atomic E-state index is 11.8. The van der Waals surface area contributed by atoms with Crippen LogP contribution < -0.4 is 16.8 Å². The Morgan fingerprint density at radius 1 is 1.32 bits per heavy atom. The molecule has 19 heavy (non-hydrogen) atoms. The summed E-state index contributed by atoms with van der Waals surface area (Å²) < 4.78 is 4.89. The molecule has 8 heteroatoms. The number of nitrogen functional groups attached to an aromatic ring is 1. The number of benzene rings is 1. The minimum Gasteiger partial charge on any atom is -0.399 e. The largest absolute Gasteiger partial charge is 0.399 e. The van der Waals surface area contributed by atoms with Crippen LogP contribution in [0.4, 0.5) is 5.69 Å². The molecule has 0 radical (unpaired) electrons. The minimum atomic E-state index is -0.572. The maximum atomic E-state index is 11.8. The molecule has 0 saturated heterocycles. The van der Waals surface area contributed by atoms with Crippen molar-refractivity contribution in [1.29, 1.82) is 0 Å². The van der Waals surface area contributed by atoms with Crippen molar-refractivity contribution in [1.82, 2.24) is 5.32 Å². The lowest BCUT2D eigenvalue weighted by Crippen LogP contribution is -2.29. The molecule has 1 aromatic carbocycles. The summed E-state index contributed by atoms with van der Waals surface area (Å²) in [7, 11) is 0. The third-order valence-electron chi connectivity index (χ3n) is 2.07. The lowest BCUT2D eigenvalue weighted by atomic mass is 10.2. The van der Waals surface area contributed by atoms with Gasteiger partial charge in [-0.25, -0.2) is 0 Å². The highest BCUT2D eigenvalue weighted by Crippen LogP contribution is 2.28. The molecule has 1 rings (SSSR count). The van der Waals surface area contributed by atoms with Crippen molar-refractivity contribution in [3.63, 3.8) is 0 Å². The van der Waals surface area contributed by atoms with Gasteiger partial charge in [0.25, 0.3) is 5.91 Å². The predicted octanol–water partition coefficient (Wildman–Crippen LogP) is 0.807. The Kier molecular flexibility index (Phi) is 5.88. The Morgan fingerprint density at radius 3 is 2.63 bits per heavy atom. The van der Waals surface area contributed by atoms with E-state index in [2.05, 4.69) is 5.32 Å². The first-order chi connectivity index (χ1) is 8.91. The summed E-state index contributed by atoms with van der Waals surface area (Å²) in [5, 5.41) is 2.89. The van der Waals surface area contributed by atoms with Gasteiger partial charge in [-0.2, -0.15) is 0 Å². The van der Waals surface area contributed by atoms with E-state index in [0.717, 1.165) is 0 Å². The number of rotatable bonds is 6. The van der Waals surface area contributed by atoms with Gasteiger partial charge in [0, 0.05) is 12.2 Å². The third-order valence-corrected chi connectivity index (χ3v) is 2.87. The van der Waals surface area contributed by atoms with Crippen molar-refractivity contribution < 1.29 is 14.3 Å². The second-order valence-electron chi connectivity index (χ2n) is 3.64. The molecule has 6 nitrogen and oxygen atoms in total. The summed E-state index contributed by atoms with van der Waals surface area (Å²) in [6.45, 7) is 0.165. The van der Waals surface area contributed by atoms with Crippen molar-refractivity contribution in [2.24, 2.45) is 5.73 Å². The van der Waals surface area contributed by atoms with E-state index in [0.29, 0.717) is 5.69 Å². The summed E-state index contributed by atoms with van der Waals surface area (Å²) >= 11 is 11.7. The topological polar surface area (TPSA) is 107 Å². The van der Waals surface area contributed by atoms with E-state index in [1.165, 1.54) is 12.1 Å². The maximum Gasteiger partial charge on any atom is 0.253 e. The molecule has 0 aromatic heterocycles. The summed E-state index contributed by atoms with van der Waals surface area (Å²) in [4.78, 5) is 22.2. The second kappa shape index (κ2) is 7.18. The van der Waals surface area contributed by atoms with Gasteiger partial charge in [-0.15, -0.1) is 0 Å². The van der Waals surface area contributed by atoms with E-state index < -0.39 is 11.8 Å². The Hall–Kier alpha value is -1.50. The highest BCUT2D eigenvalue weighted by molar-refractivity contribution is 6.44. The summed E-state index contributed by atoms with van der Waals surface area (Å²) in [6, 6.07) is 2.88. The fraction of sp³-hybridized carbons (Fsp3) is 0.273. The van der Waals surface area contributed by atoms with Crippen LogP contribution in [-0.4, -0.2) is 31.6 Å². The minimum absolute atomic E-state index is 0.131. The first-order valence-corrected chi connectivity index (χ1v) is 6.06. The number of nitrogens with one attached hydrogen (secondary N) is 1. The van der Waals surface area contributed by atoms with E-state index in [9.17, 15) is 9.59 Å². The van der Waals surface area contributed by atoms with Gasteiger partial charge in [-0.1, -0.05) is 23.2 Å². The third kappa shape index (κ3) is 4.94. The SMILES string of the molecule is NC(=O)COCCNC(=O)c1cc(N)cc(Cl)c1Cl. The highest BCUT2D eigenvalue weighted by Gasteiger charge is 2.13. The molecule has 0 fully saturated rings. The number of ether oxygens (including phenoxy) is 1. The molecular formula is C11H13Cl2N3O3. The van der Waals surface area contributed by atoms with Crippen molar-refractivity contribution in [3.8, 4) is 0 Å². The Morgan fingerprint density at radius 2 is 2.00 bits per heavy atom. The molecule has 1 aromatic rings. The van der Waals surface area contributed by atoms with Crippen LogP contribution >= 0.6 is 23.2 Å². The Balaban J connectivity index is 2.52. The quantitative estimate of drug-likeness (QED) is 0.534. The molecule has 0 saturated carbocycles. The molecule has 104 valence electrons. The molecule has 0 heterocycles. The van der Waals surface area contributed by atoms with Crippen LogP contribution in [0.2, 0.25) is 10.0 Å². The van der Waals surface area contributed by atoms with Gasteiger partial charge in [-0.3, -0.25) is 9.59 Å². The lowest BCUT2D eigenvalue weighted by Gasteiger charge is -2.09. The van der Waals surface area contributed by atoms with Crippen LogP contribution in [-0.2, 0) is 9.53 Å². The van der Waals surface area contributed by atoms with Crippen LogP contribution in [0.25, 0.3) is 0 Å². The number of halogens is 2. The van der Waals surface area contributed by atoms with Crippen molar-refractivity contribution >= 4 is 40.7 Å². The van der Waals surface area contributed by atoms with Gasteiger partial charge in [0.2, 0.25) is 5.91 Å². The molecule has 0 aliphatic rings. The van der Waals surface area contributed by atoms with Gasteiger partial charge in [0.1, 0.15) is 6.61 Å². The Bertz CT molecular complexity index is 494. The van der Waals surface area contributed by atoms with Crippen molar-refractivity contribution in [3.05, 3.63) is 27.7 Å². The molecular weight excluding hydrogens is 293 g/mol. The summed E-state index contributed by atoms with van der Waals surface area (Å²) in [5.41, 5.74) is 11.0. The first kappa shape index (κ1) is 15.6. The molecule has 0 spiro atoms. The number of primary amides is 1. The average molecular weight is 306 g/mol. The molecule has 5 N–H and O–H groups in total. The van der Waals surface area contributed by atoms with Crippen LogP contribution in [0.15, 0.2) is 12.1 Å². The highest BCUT2D eigenvalue weighted by atomic mass is 35.5. The molecule has 0 atom stereocenters. The zero-order chi connectivity index (χ0) is 14.4. The number of carbonyl (C=O) groups is 2. The number of carbonyl (C=O) groups excluding carboxylic acids is 2. The van der Waals surface area contributed by atoms with Crippen molar-refractivity contribution in [2.75, 3.05) is 25.5 Å². The van der Waals surface area contributed by atoms with E-state index in [-0.39, 0.29) is 35.4 Å². The number of hydrogen-bond donors (Lipinski definition) is 3. The lowest BCUT2D eigenvalue weighted by molar-refractivity contribution is -0.122. The van der Waals surface area contributed by atoms with E-state index >= 15 is 0 Å². The van der Waals surface area contributed by atoms with Gasteiger partial charge >= 0.3 is 0 Å². The number of hydrogen-bond acceptors (Lipinski definition) is 4. The fourth-order valence-electron chi connectivity index (χ4n) is 1.28. The van der Waals surface area contributed by atoms with Gasteiger partial charge < -0.3 is 21.5 Å². The first-order valence-electron chi connectivity index (χ1n) is 5.30. The van der Waals surface area contributed by atoms with Crippen LogP contribution in [0.5, 0.6) is 0 Å². The predicted molar refractivity (Wildman–Crippen MR) is 73.2 cm³/mol. The van der Waals surface area contributed by atoms with Gasteiger partial charge in [0.05, 0.1) is 22.2 Å². The van der Waals surface area contributed by atoms with Gasteiger partial charge in [0.15, 0.2) is 0 Å². The van der Waals surface area contributed by atoms with E-state index in [4.69, 9.17) is 39.4 Å².